The van der Waals surface area contributed by atoms with E-state index in [-0.39, 0.29) is 18.1 Å². The lowest BCUT2D eigenvalue weighted by Gasteiger charge is -2.32. The van der Waals surface area contributed by atoms with Crippen LogP contribution in [0.4, 0.5) is 5.69 Å². The van der Waals surface area contributed by atoms with E-state index in [1.54, 1.807) is 56.3 Å². The normalized spacial score (nSPS) is 12.2. The van der Waals surface area contributed by atoms with Crippen LogP contribution >= 0.6 is 23.2 Å². The molecule has 0 radical (unpaired) electrons. The smallest absolute Gasteiger partial charge is 0.244 e. The maximum absolute atomic E-state index is 13.4. The lowest BCUT2D eigenvalue weighted by Crippen LogP contribution is -2.52. The third-order valence-electron chi connectivity index (χ3n) is 4.78. The van der Waals surface area contributed by atoms with Crippen LogP contribution in [0.25, 0.3) is 0 Å². The predicted molar refractivity (Wildman–Crippen MR) is 128 cm³/mol. The van der Waals surface area contributed by atoms with E-state index in [0.717, 1.165) is 16.1 Å². The van der Waals surface area contributed by atoms with Gasteiger partial charge in [-0.1, -0.05) is 48.3 Å². The van der Waals surface area contributed by atoms with Gasteiger partial charge in [0.1, 0.15) is 12.6 Å². The molecule has 174 valence electrons. The highest BCUT2D eigenvalue weighted by atomic mass is 35.5. The molecule has 0 fully saturated rings. The van der Waals surface area contributed by atoms with Gasteiger partial charge in [-0.3, -0.25) is 13.9 Å². The number of anilines is 1. The van der Waals surface area contributed by atoms with Gasteiger partial charge in [0, 0.05) is 23.1 Å². The molecule has 0 aliphatic carbocycles. The molecule has 0 aliphatic heterocycles. The molecule has 1 unspecified atom stereocenters. The number of hydrogen-bond acceptors (Lipinski definition) is 4. The van der Waals surface area contributed by atoms with Crippen LogP contribution in [-0.2, 0) is 26.2 Å². The minimum atomic E-state index is -3.80. The van der Waals surface area contributed by atoms with Gasteiger partial charge in [0.25, 0.3) is 0 Å². The van der Waals surface area contributed by atoms with E-state index in [2.05, 4.69) is 5.32 Å². The lowest BCUT2D eigenvalue weighted by molar-refractivity contribution is -0.140. The van der Waals surface area contributed by atoms with Crippen LogP contribution < -0.4 is 9.62 Å². The summed E-state index contributed by atoms with van der Waals surface area (Å²) >= 11 is 12.0. The number of halogens is 2. The van der Waals surface area contributed by atoms with E-state index < -0.39 is 28.5 Å². The van der Waals surface area contributed by atoms with Gasteiger partial charge in [0.15, 0.2) is 0 Å². The molecule has 1 atom stereocenters. The second kappa shape index (κ2) is 11.5. The topological polar surface area (TPSA) is 86.8 Å². The van der Waals surface area contributed by atoms with E-state index in [0.29, 0.717) is 23.0 Å². The Morgan fingerprint density at radius 2 is 1.69 bits per heavy atom. The summed E-state index contributed by atoms with van der Waals surface area (Å²) in [4.78, 5) is 27.5. The van der Waals surface area contributed by atoms with E-state index in [9.17, 15) is 18.0 Å². The summed E-state index contributed by atoms with van der Waals surface area (Å²) in [5, 5.41) is 3.64. The van der Waals surface area contributed by atoms with Gasteiger partial charge in [-0.25, -0.2) is 8.42 Å². The minimum absolute atomic E-state index is 0.124. The first-order chi connectivity index (χ1) is 15.1. The summed E-state index contributed by atoms with van der Waals surface area (Å²) in [6, 6.07) is 12.4. The first-order valence-corrected chi connectivity index (χ1v) is 12.7. The van der Waals surface area contributed by atoms with Gasteiger partial charge in [0.05, 0.1) is 11.9 Å². The Bertz CT molecular complexity index is 1050. The molecule has 32 heavy (non-hydrogen) atoms. The van der Waals surface area contributed by atoms with E-state index in [1.807, 2.05) is 0 Å². The molecule has 0 aromatic heterocycles. The van der Waals surface area contributed by atoms with Gasteiger partial charge in [-0.05, 0) is 49.2 Å². The van der Waals surface area contributed by atoms with E-state index >= 15 is 0 Å². The van der Waals surface area contributed by atoms with Crippen LogP contribution in [0, 0.1) is 0 Å². The molecule has 0 aliphatic rings. The highest BCUT2D eigenvalue weighted by molar-refractivity contribution is 7.92. The quantitative estimate of drug-likeness (QED) is 0.539. The maximum atomic E-state index is 13.4. The summed E-state index contributed by atoms with van der Waals surface area (Å²) in [5.74, 6) is -0.811. The highest BCUT2D eigenvalue weighted by Gasteiger charge is 2.31. The Morgan fingerprint density at radius 3 is 2.22 bits per heavy atom. The molecule has 2 aromatic rings. The standard InChI is InChI=1S/C22H27Cl2N3O4S/c1-4-20(22(29)25-5-2)26(14-16-9-11-17(23)12-10-16)21(28)15-27(32(3,30)31)19-8-6-7-18(24)13-19/h6-13,20H,4-5,14-15H2,1-3H3,(H,25,29). The van der Waals surface area contributed by atoms with Crippen molar-refractivity contribution < 1.29 is 18.0 Å². The third-order valence-corrected chi connectivity index (χ3v) is 6.41. The number of nitrogens with zero attached hydrogens (tertiary/aromatic N) is 2. The molecular weight excluding hydrogens is 473 g/mol. The SMILES string of the molecule is CCNC(=O)C(CC)N(Cc1ccc(Cl)cc1)C(=O)CN(c1cccc(Cl)c1)S(C)(=O)=O. The molecule has 10 heteroatoms. The number of carbonyl (C=O) groups is 2. The predicted octanol–water partition coefficient (Wildman–Crippen LogP) is 3.70. The number of hydrogen-bond donors (Lipinski definition) is 1. The molecule has 0 saturated heterocycles. The molecular formula is C22H27Cl2N3O4S. The fourth-order valence-corrected chi connectivity index (χ4v) is 4.39. The van der Waals surface area contributed by atoms with Crippen LogP contribution in [0.1, 0.15) is 25.8 Å². The van der Waals surface area contributed by atoms with Gasteiger partial charge in [0.2, 0.25) is 21.8 Å². The van der Waals surface area contributed by atoms with Gasteiger partial charge in [-0.15, -0.1) is 0 Å². The van der Waals surface area contributed by atoms with Gasteiger partial charge < -0.3 is 10.2 Å². The molecule has 1 N–H and O–H groups in total. The maximum Gasteiger partial charge on any atom is 0.244 e. The molecule has 7 nitrogen and oxygen atoms in total. The third kappa shape index (κ3) is 7.12. The van der Waals surface area contributed by atoms with Crippen molar-refractivity contribution in [1.29, 1.82) is 0 Å². The Morgan fingerprint density at radius 1 is 1.03 bits per heavy atom. The fourth-order valence-electron chi connectivity index (χ4n) is 3.24. The van der Waals surface area contributed by atoms with E-state index in [1.165, 1.54) is 11.0 Å². The summed E-state index contributed by atoms with van der Waals surface area (Å²) < 4.78 is 26.0. The second-order valence-electron chi connectivity index (χ2n) is 7.22. The molecule has 2 rings (SSSR count). The number of rotatable bonds is 10. The Labute approximate surface area is 199 Å². The Balaban J connectivity index is 2.42. The zero-order chi connectivity index (χ0) is 23.9. The number of benzene rings is 2. The number of nitrogens with one attached hydrogen (secondary N) is 1. The van der Waals surface area contributed by atoms with Crippen molar-refractivity contribution in [3.63, 3.8) is 0 Å². The lowest BCUT2D eigenvalue weighted by atomic mass is 10.1. The average Bonchev–Trinajstić information content (AvgIpc) is 2.72. The molecule has 2 amide bonds. The van der Waals surface area contributed by atoms with Crippen molar-refractivity contribution in [2.45, 2.75) is 32.9 Å². The summed E-state index contributed by atoms with van der Waals surface area (Å²) in [6.45, 7) is 3.66. The van der Waals surface area contributed by atoms with Crippen molar-refractivity contribution in [1.82, 2.24) is 10.2 Å². The largest absolute Gasteiger partial charge is 0.355 e. The molecule has 0 spiro atoms. The minimum Gasteiger partial charge on any atom is -0.355 e. The zero-order valence-electron chi connectivity index (χ0n) is 18.2. The molecule has 0 bridgehead atoms. The molecule has 0 heterocycles. The van der Waals surface area contributed by atoms with Gasteiger partial charge >= 0.3 is 0 Å². The number of carbonyl (C=O) groups excluding carboxylic acids is 2. The Hall–Kier alpha value is -2.29. The number of amides is 2. The fraction of sp³-hybridized carbons (Fsp3) is 0.364. The van der Waals surface area contributed by atoms with Crippen LogP contribution in [-0.4, -0.2) is 50.5 Å². The van der Waals surface area contributed by atoms with Crippen molar-refractivity contribution in [2.24, 2.45) is 0 Å². The monoisotopic (exact) mass is 499 g/mol. The second-order valence-corrected chi connectivity index (χ2v) is 10.00. The average molecular weight is 500 g/mol. The summed E-state index contributed by atoms with van der Waals surface area (Å²) in [6.07, 6.45) is 1.38. The highest BCUT2D eigenvalue weighted by Crippen LogP contribution is 2.23. The first kappa shape index (κ1) is 26.0. The van der Waals surface area contributed by atoms with Crippen molar-refractivity contribution in [2.75, 3.05) is 23.7 Å². The zero-order valence-corrected chi connectivity index (χ0v) is 20.5. The number of likely N-dealkylation sites (N-methyl/N-ethyl adjacent to an activating group) is 1. The van der Waals surface area contributed by atoms with Gasteiger partial charge in [-0.2, -0.15) is 0 Å². The van der Waals surface area contributed by atoms with E-state index in [4.69, 9.17) is 23.2 Å². The Kier molecular flexibility index (Phi) is 9.36. The van der Waals surface area contributed by atoms with Crippen LogP contribution in [0.3, 0.4) is 0 Å². The van der Waals surface area contributed by atoms with Crippen LogP contribution in [0.5, 0.6) is 0 Å². The molecule has 2 aromatic carbocycles. The van der Waals surface area contributed by atoms with Crippen molar-refractivity contribution in [3.8, 4) is 0 Å². The first-order valence-electron chi connectivity index (χ1n) is 10.1. The van der Waals surface area contributed by atoms with Crippen molar-refractivity contribution >= 4 is 50.7 Å². The summed E-state index contributed by atoms with van der Waals surface area (Å²) in [7, 11) is -3.80. The van der Waals surface area contributed by atoms with Crippen molar-refractivity contribution in [3.05, 3.63) is 64.1 Å². The van der Waals surface area contributed by atoms with Crippen LogP contribution in [0.15, 0.2) is 48.5 Å². The molecule has 0 saturated carbocycles. The summed E-state index contributed by atoms with van der Waals surface area (Å²) in [5.41, 5.74) is 1.03. The van der Waals surface area contributed by atoms with Crippen LogP contribution in [0.2, 0.25) is 10.0 Å². The number of sulfonamides is 1.